The van der Waals surface area contributed by atoms with Gasteiger partial charge in [-0.25, -0.2) is 0 Å². The van der Waals surface area contributed by atoms with Crippen molar-refractivity contribution in [2.45, 2.75) is 117 Å². The van der Waals surface area contributed by atoms with Crippen LogP contribution in [0.3, 0.4) is 0 Å². The van der Waals surface area contributed by atoms with E-state index in [0.717, 1.165) is 12.8 Å². The number of carbonyl (C=O) groups excluding carboxylic acids is 2. The van der Waals surface area contributed by atoms with E-state index < -0.39 is 34.7 Å². The molecule has 0 aromatic heterocycles. The summed E-state index contributed by atoms with van der Waals surface area (Å²) in [6.07, 6.45) is 6.51. The zero-order chi connectivity index (χ0) is 28.5. The van der Waals surface area contributed by atoms with E-state index in [9.17, 15) is 19.8 Å². The fourth-order valence-corrected chi connectivity index (χ4v) is 10.6. The molecular formula is C32H46O7. The molecule has 2 heterocycles. The molecule has 0 bridgehead atoms. The summed E-state index contributed by atoms with van der Waals surface area (Å²) in [5, 5.41) is 23.2. The number of aliphatic hydroxyl groups is 2. The van der Waals surface area contributed by atoms with Gasteiger partial charge >= 0.3 is 5.97 Å². The third kappa shape index (κ3) is 3.61. The molecule has 39 heavy (non-hydrogen) atoms. The highest BCUT2D eigenvalue weighted by molar-refractivity contribution is 5.95. The van der Waals surface area contributed by atoms with Crippen LogP contribution < -0.4 is 0 Å². The Balaban J connectivity index is 1.39. The molecule has 2 saturated heterocycles. The van der Waals surface area contributed by atoms with Crippen molar-refractivity contribution in [2.24, 2.45) is 45.3 Å². The standard InChI is InChI=1S/C32H46O7/c1-16(33)37-24-14-22-28(2,3)23(35)11-12-30(22,6)25-19(34)15-31(7)18(9-10-21(31)32(24,25)8)17-13-20(38-27(17)36)26-29(4,5)39-26/h10-12,17-20,22,24-27,34,36H,9,13-15H2,1-8H3/t17-,18-,19-,20+,22+,24-,25-,26?,27-,30+,31-,32-/m1/s1. The third-order valence-electron chi connectivity index (χ3n) is 12.3. The largest absolute Gasteiger partial charge is 0.462 e. The summed E-state index contributed by atoms with van der Waals surface area (Å²) in [4.78, 5) is 25.5. The molecular weight excluding hydrogens is 496 g/mol. The Morgan fingerprint density at radius 3 is 2.36 bits per heavy atom. The number of fused-ring (bicyclic) bond motifs is 5. The Labute approximate surface area is 232 Å². The Kier molecular flexibility index (Phi) is 5.86. The maximum atomic E-state index is 13.0. The molecule has 4 fully saturated rings. The first-order valence-corrected chi connectivity index (χ1v) is 14.8. The fraction of sp³-hybridized carbons (Fsp3) is 0.812. The topological polar surface area (TPSA) is 106 Å². The molecule has 7 heteroatoms. The molecule has 6 rings (SSSR count). The molecule has 2 saturated carbocycles. The van der Waals surface area contributed by atoms with Gasteiger partial charge in [-0.15, -0.1) is 0 Å². The van der Waals surface area contributed by atoms with Crippen molar-refractivity contribution < 1.29 is 34.0 Å². The second-order valence-corrected chi connectivity index (χ2v) is 15.2. The third-order valence-corrected chi connectivity index (χ3v) is 12.3. The molecule has 0 aromatic carbocycles. The SMILES string of the molecule is CC(=O)O[C@@H]1C[C@H]2C(C)(C)C(=O)C=C[C@]2(C)[C@H]2[C@H](O)C[C@@]3(C)C(=CC[C@@H]3[C@H]3C[C@@H](C4OC4(C)C)O[C@H]3O)[C@@]21C. The van der Waals surface area contributed by atoms with Crippen molar-refractivity contribution in [3.63, 3.8) is 0 Å². The molecule has 1 unspecified atom stereocenters. The molecule has 0 radical (unpaired) electrons. The molecule has 6 aliphatic rings. The average Bonchev–Trinajstić information content (AvgIpc) is 3.10. The zero-order valence-corrected chi connectivity index (χ0v) is 24.7. The van der Waals surface area contributed by atoms with Crippen molar-refractivity contribution in [3.05, 3.63) is 23.8 Å². The lowest BCUT2D eigenvalue weighted by molar-refractivity contribution is -0.211. The second kappa shape index (κ2) is 8.27. The van der Waals surface area contributed by atoms with Crippen LogP contribution in [0.5, 0.6) is 0 Å². The monoisotopic (exact) mass is 542 g/mol. The maximum absolute atomic E-state index is 13.0. The summed E-state index contributed by atoms with van der Waals surface area (Å²) in [6, 6.07) is 0. The van der Waals surface area contributed by atoms with Crippen LogP contribution in [0, 0.1) is 45.3 Å². The van der Waals surface area contributed by atoms with Crippen molar-refractivity contribution >= 4 is 11.8 Å². The summed E-state index contributed by atoms with van der Waals surface area (Å²) in [5.41, 5.74) is -1.08. The maximum Gasteiger partial charge on any atom is 0.302 e. The lowest BCUT2D eigenvalue weighted by Gasteiger charge is -2.67. The summed E-state index contributed by atoms with van der Waals surface area (Å²) in [6.45, 7) is 16.1. The van der Waals surface area contributed by atoms with Crippen LogP contribution in [0.4, 0.5) is 0 Å². The van der Waals surface area contributed by atoms with Gasteiger partial charge in [-0.2, -0.15) is 0 Å². The van der Waals surface area contributed by atoms with Crippen LogP contribution in [0.2, 0.25) is 0 Å². The van der Waals surface area contributed by atoms with Crippen molar-refractivity contribution in [1.29, 1.82) is 0 Å². The van der Waals surface area contributed by atoms with Gasteiger partial charge < -0.3 is 24.4 Å². The van der Waals surface area contributed by atoms with E-state index in [2.05, 4.69) is 40.7 Å². The van der Waals surface area contributed by atoms with Gasteiger partial charge in [-0.05, 0) is 68.3 Å². The van der Waals surface area contributed by atoms with E-state index in [0.29, 0.717) is 12.8 Å². The number of hydrogen-bond acceptors (Lipinski definition) is 7. The smallest absolute Gasteiger partial charge is 0.302 e. The van der Waals surface area contributed by atoms with Crippen molar-refractivity contribution in [1.82, 2.24) is 0 Å². The lowest BCUT2D eigenvalue weighted by atomic mass is 9.37. The zero-order valence-electron chi connectivity index (χ0n) is 24.7. The summed E-state index contributed by atoms with van der Waals surface area (Å²) in [7, 11) is 0. The van der Waals surface area contributed by atoms with E-state index >= 15 is 0 Å². The minimum atomic E-state index is -0.877. The minimum Gasteiger partial charge on any atom is -0.462 e. The molecule has 216 valence electrons. The number of allylic oxidation sites excluding steroid dienone is 3. The highest BCUT2D eigenvalue weighted by Crippen LogP contribution is 2.73. The van der Waals surface area contributed by atoms with Gasteiger partial charge in [0.25, 0.3) is 0 Å². The highest BCUT2D eigenvalue weighted by atomic mass is 16.7. The summed E-state index contributed by atoms with van der Waals surface area (Å²) < 4.78 is 18.0. The average molecular weight is 543 g/mol. The van der Waals surface area contributed by atoms with Gasteiger partial charge in [-0.1, -0.05) is 52.3 Å². The van der Waals surface area contributed by atoms with E-state index in [1.165, 1.54) is 12.5 Å². The Bertz CT molecular complexity index is 1150. The predicted molar refractivity (Wildman–Crippen MR) is 144 cm³/mol. The molecule has 2 aliphatic heterocycles. The first-order valence-electron chi connectivity index (χ1n) is 14.8. The lowest BCUT2D eigenvalue weighted by Crippen LogP contribution is -2.68. The van der Waals surface area contributed by atoms with Gasteiger partial charge in [0, 0.05) is 29.6 Å². The molecule has 0 spiro atoms. The van der Waals surface area contributed by atoms with E-state index in [1.54, 1.807) is 6.08 Å². The Hall–Kier alpha value is -1.54. The second-order valence-electron chi connectivity index (χ2n) is 15.2. The van der Waals surface area contributed by atoms with Crippen LogP contribution in [0.1, 0.15) is 81.1 Å². The molecule has 4 aliphatic carbocycles. The number of epoxide rings is 1. The van der Waals surface area contributed by atoms with Gasteiger partial charge in [0.1, 0.15) is 12.2 Å². The van der Waals surface area contributed by atoms with Crippen molar-refractivity contribution in [3.8, 4) is 0 Å². The molecule has 0 amide bonds. The summed E-state index contributed by atoms with van der Waals surface area (Å²) >= 11 is 0. The number of ketones is 1. The molecule has 0 aromatic rings. The van der Waals surface area contributed by atoms with Crippen LogP contribution in [-0.4, -0.2) is 58.3 Å². The van der Waals surface area contributed by atoms with E-state index in [1.807, 2.05) is 19.9 Å². The first kappa shape index (κ1) is 27.6. The quantitative estimate of drug-likeness (QED) is 0.310. The minimum absolute atomic E-state index is 0.00893. The van der Waals surface area contributed by atoms with Crippen molar-refractivity contribution in [2.75, 3.05) is 0 Å². The van der Waals surface area contributed by atoms with Gasteiger partial charge in [0.15, 0.2) is 12.1 Å². The number of aliphatic hydroxyl groups excluding tert-OH is 2. The molecule has 7 nitrogen and oxygen atoms in total. The van der Waals surface area contributed by atoms with E-state index in [4.69, 9.17) is 14.2 Å². The molecule has 12 atom stereocenters. The summed E-state index contributed by atoms with van der Waals surface area (Å²) in [5.74, 6) is -0.553. The normalized spacial score (nSPS) is 52.9. The van der Waals surface area contributed by atoms with Gasteiger partial charge in [0.2, 0.25) is 0 Å². The van der Waals surface area contributed by atoms with Crippen LogP contribution >= 0.6 is 0 Å². The predicted octanol–water partition coefficient (Wildman–Crippen LogP) is 4.35. The number of esters is 1. The number of carbonyl (C=O) groups is 2. The Morgan fingerprint density at radius 1 is 1.08 bits per heavy atom. The first-order chi connectivity index (χ1) is 18.0. The number of ether oxygens (including phenoxy) is 3. The number of hydrogen-bond donors (Lipinski definition) is 2. The highest BCUT2D eigenvalue weighted by Gasteiger charge is 2.71. The van der Waals surface area contributed by atoms with Crippen LogP contribution in [0.25, 0.3) is 0 Å². The van der Waals surface area contributed by atoms with E-state index in [-0.39, 0.29) is 58.6 Å². The fourth-order valence-electron chi connectivity index (χ4n) is 10.6. The van der Waals surface area contributed by atoms with Crippen LogP contribution in [0.15, 0.2) is 23.8 Å². The van der Waals surface area contributed by atoms with Crippen LogP contribution in [-0.2, 0) is 23.8 Å². The molecule has 2 N–H and O–H groups in total. The number of rotatable bonds is 3. The Morgan fingerprint density at radius 2 is 1.74 bits per heavy atom. The van der Waals surface area contributed by atoms with Gasteiger partial charge in [-0.3, -0.25) is 9.59 Å². The van der Waals surface area contributed by atoms with Gasteiger partial charge in [0.05, 0.1) is 17.8 Å².